The van der Waals surface area contributed by atoms with Crippen molar-refractivity contribution in [3.63, 3.8) is 0 Å². The van der Waals surface area contributed by atoms with E-state index >= 15 is 0 Å². The molecule has 25 heavy (non-hydrogen) atoms. The van der Waals surface area contributed by atoms with Crippen molar-refractivity contribution in [3.05, 3.63) is 12.2 Å². The summed E-state index contributed by atoms with van der Waals surface area (Å²) < 4.78 is 11.0. The lowest BCUT2D eigenvalue weighted by Crippen LogP contribution is -2.42. The normalized spacial score (nSPS) is 25.0. The molecule has 1 saturated heterocycles. The van der Waals surface area contributed by atoms with Gasteiger partial charge in [0.2, 0.25) is 0 Å². The second-order valence-corrected chi connectivity index (χ2v) is 6.97. The van der Waals surface area contributed by atoms with Gasteiger partial charge in [0.05, 0.1) is 13.2 Å². The minimum atomic E-state index is -1.00. The highest BCUT2D eigenvalue weighted by atomic mass is 16.6. The Morgan fingerprint density at radius 1 is 1.04 bits per heavy atom. The van der Waals surface area contributed by atoms with Gasteiger partial charge in [-0.05, 0) is 32.1 Å². The Labute approximate surface area is 153 Å². The van der Waals surface area contributed by atoms with Gasteiger partial charge < -0.3 is 24.8 Å². The molecule has 0 aromatic heterocycles. The van der Waals surface area contributed by atoms with E-state index in [1.807, 2.05) is 0 Å². The van der Waals surface area contributed by atoms with Crippen LogP contribution in [0.5, 0.6) is 0 Å². The molecule has 5 nitrogen and oxygen atoms in total. The van der Waals surface area contributed by atoms with Crippen molar-refractivity contribution < 1.29 is 24.8 Å². The Hall–Kier alpha value is -0.460. The van der Waals surface area contributed by atoms with Crippen LogP contribution in [0, 0.1) is 0 Å². The molecule has 1 heterocycles. The van der Waals surface area contributed by atoms with Gasteiger partial charge in [0.1, 0.15) is 24.4 Å². The van der Waals surface area contributed by atoms with Crippen LogP contribution in [-0.4, -0.2) is 59.6 Å². The average molecular weight is 359 g/mol. The fraction of sp³-hybridized carbons (Fsp3) is 0.900. The van der Waals surface area contributed by atoms with E-state index in [9.17, 15) is 10.2 Å². The SMILES string of the molecule is CCCCC/C=C/CCCCCCCO[C@H]1[C@@H]([C@H](O)CO)OC[C@@H]1O. The van der Waals surface area contributed by atoms with Crippen LogP contribution in [0.3, 0.4) is 0 Å². The van der Waals surface area contributed by atoms with Crippen LogP contribution < -0.4 is 0 Å². The summed E-state index contributed by atoms with van der Waals surface area (Å²) in [6, 6.07) is 0. The Morgan fingerprint density at radius 2 is 1.68 bits per heavy atom. The van der Waals surface area contributed by atoms with Crippen LogP contribution >= 0.6 is 0 Å². The number of aliphatic hydroxyl groups is 3. The summed E-state index contributed by atoms with van der Waals surface area (Å²) in [4.78, 5) is 0. The Kier molecular flexibility index (Phi) is 13.3. The highest BCUT2D eigenvalue weighted by Crippen LogP contribution is 2.21. The van der Waals surface area contributed by atoms with Crippen LogP contribution in [0.2, 0.25) is 0 Å². The molecule has 0 radical (unpaired) electrons. The van der Waals surface area contributed by atoms with Crippen LogP contribution in [0.1, 0.15) is 71.1 Å². The number of rotatable bonds is 15. The van der Waals surface area contributed by atoms with Gasteiger partial charge in [-0.2, -0.15) is 0 Å². The molecule has 1 rings (SSSR count). The van der Waals surface area contributed by atoms with E-state index in [0.717, 1.165) is 12.8 Å². The Bertz CT molecular complexity index is 334. The number of hydrogen-bond donors (Lipinski definition) is 3. The molecular weight excluding hydrogens is 320 g/mol. The zero-order chi connectivity index (χ0) is 18.3. The average Bonchev–Trinajstić information content (AvgIpc) is 2.99. The molecule has 0 aromatic carbocycles. The topological polar surface area (TPSA) is 79.2 Å². The lowest BCUT2D eigenvalue weighted by Gasteiger charge is -2.23. The van der Waals surface area contributed by atoms with Gasteiger partial charge in [0.15, 0.2) is 0 Å². The molecule has 0 saturated carbocycles. The first-order valence-electron chi connectivity index (χ1n) is 10.1. The quantitative estimate of drug-likeness (QED) is 0.310. The first-order valence-corrected chi connectivity index (χ1v) is 10.1. The number of unbranched alkanes of at least 4 members (excludes halogenated alkanes) is 8. The minimum absolute atomic E-state index is 0.151. The molecule has 5 heteroatoms. The van der Waals surface area contributed by atoms with Crippen LogP contribution in [0.15, 0.2) is 12.2 Å². The minimum Gasteiger partial charge on any atom is -0.394 e. The monoisotopic (exact) mass is 358 g/mol. The largest absolute Gasteiger partial charge is 0.394 e. The molecule has 0 amide bonds. The van der Waals surface area contributed by atoms with Crippen molar-refractivity contribution in [1.82, 2.24) is 0 Å². The summed E-state index contributed by atoms with van der Waals surface area (Å²) in [6.07, 6.45) is 13.8. The van der Waals surface area contributed by atoms with E-state index in [-0.39, 0.29) is 13.2 Å². The zero-order valence-electron chi connectivity index (χ0n) is 15.8. The molecule has 0 bridgehead atoms. The molecule has 1 aliphatic rings. The maximum absolute atomic E-state index is 9.85. The summed E-state index contributed by atoms with van der Waals surface area (Å²) in [7, 11) is 0. The molecule has 1 fully saturated rings. The second-order valence-electron chi connectivity index (χ2n) is 6.97. The number of aliphatic hydroxyl groups excluding tert-OH is 3. The molecule has 1 aliphatic heterocycles. The van der Waals surface area contributed by atoms with Crippen LogP contribution in [-0.2, 0) is 9.47 Å². The van der Waals surface area contributed by atoms with Gasteiger partial charge in [-0.3, -0.25) is 0 Å². The third kappa shape index (κ3) is 9.71. The summed E-state index contributed by atoms with van der Waals surface area (Å²) in [5.41, 5.74) is 0. The predicted molar refractivity (Wildman–Crippen MR) is 99.6 cm³/mol. The molecule has 0 aromatic rings. The van der Waals surface area contributed by atoms with Crippen molar-refractivity contribution in [2.45, 2.75) is 95.5 Å². The van der Waals surface area contributed by atoms with E-state index in [4.69, 9.17) is 14.6 Å². The molecule has 148 valence electrons. The van der Waals surface area contributed by atoms with E-state index in [1.54, 1.807) is 0 Å². The summed E-state index contributed by atoms with van der Waals surface area (Å²) >= 11 is 0. The molecule has 0 spiro atoms. The highest BCUT2D eigenvalue weighted by Gasteiger charge is 2.40. The predicted octanol–water partition coefficient (Wildman–Crippen LogP) is 2.96. The maximum atomic E-state index is 9.85. The van der Waals surface area contributed by atoms with Crippen LogP contribution in [0.4, 0.5) is 0 Å². The van der Waals surface area contributed by atoms with Gasteiger partial charge in [-0.1, -0.05) is 51.2 Å². The van der Waals surface area contributed by atoms with E-state index in [2.05, 4.69) is 19.1 Å². The lowest BCUT2D eigenvalue weighted by molar-refractivity contribution is -0.0938. The fourth-order valence-electron chi connectivity index (χ4n) is 3.12. The van der Waals surface area contributed by atoms with Crippen molar-refractivity contribution in [1.29, 1.82) is 0 Å². The van der Waals surface area contributed by atoms with E-state index in [1.165, 1.54) is 51.4 Å². The smallest absolute Gasteiger partial charge is 0.114 e. The van der Waals surface area contributed by atoms with Crippen molar-refractivity contribution >= 4 is 0 Å². The van der Waals surface area contributed by atoms with Crippen molar-refractivity contribution in [2.75, 3.05) is 19.8 Å². The summed E-state index contributed by atoms with van der Waals surface area (Å²) in [6.45, 7) is 2.55. The van der Waals surface area contributed by atoms with Crippen LogP contribution in [0.25, 0.3) is 0 Å². The standard InChI is InChI=1S/C20H38O5/c1-2-3-4-5-6-7-8-9-10-11-12-13-14-24-20-18(23)16-25-19(20)17(22)15-21/h6-7,17-23H,2-5,8-16H2,1H3/b7-6+/t17-,18+,19-,20-/m1/s1. The summed E-state index contributed by atoms with van der Waals surface area (Å²) in [5.74, 6) is 0. The zero-order valence-corrected chi connectivity index (χ0v) is 15.8. The summed E-state index contributed by atoms with van der Waals surface area (Å²) in [5, 5.41) is 28.5. The lowest BCUT2D eigenvalue weighted by atomic mass is 10.1. The number of hydrogen-bond acceptors (Lipinski definition) is 5. The third-order valence-corrected chi connectivity index (χ3v) is 4.70. The maximum Gasteiger partial charge on any atom is 0.114 e. The second kappa shape index (κ2) is 14.7. The highest BCUT2D eigenvalue weighted by molar-refractivity contribution is 4.89. The van der Waals surface area contributed by atoms with Gasteiger partial charge >= 0.3 is 0 Å². The molecule has 0 unspecified atom stereocenters. The number of allylic oxidation sites excluding steroid dienone is 2. The first kappa shape index (κ1) is 22.6. The first-order chi connectivity index (χ1) is 12.2. The van der Waals surface area contributed by atoms with Gasteiger partial charge in [0.25, 0.3) is 0 Å². The van der Waals surface area contributed by atoms with Crippen molar-refractivity contribution in [3.8, 4) is 0 Å². The van der Waals surface area contributed by atoms with Crippen molar-refractivity contribution in [2.24, 2.45) is 0 Å². The third-order valence-electron chi connectivity index (χ3n) is 4.70. The molecular formula is C20H38O5. The molecule has 0 aliphatic carbocycles. The number of ether oxygens (including phenoxy) is 2. The molecule has 3 N–H and O–H groups in total. The Balaban J connectivity index is 1.96. The van der Waals surface area contributed by atoms with Gasteiger partial charge in [-0.25, -0.2) is 0 Å². The van der Waals surface area contributed by atoms with E-state index < -0.39 is 24.4 Å². The van der Waals surface area contributed by atoms with Gasteiger partial charge in [0, 0.05) is 6.61 Å². The van der Waals surface area contributed by atoms with E-state index in [0.29, 0.717) is 6.61 Å². The van der Waals surface area contributed by atoms with Gasteiger partial charge in [-0.15, -0.1) is 0 Å². The molecule has 4 atom stereocenters. The fourth-order valence-corrected chi connectivity index (χ4v) is 3.12. The Morgan fingerprint density at radius 3 is 2.36 bits per heavy atom.